The first-order valence-electron chi connectivity index (χ1n) is 12.4. The Kier molecular flexibility index (Phi) is 8.48. The number of carbonyl (C=O) groups is 1. The van der Waals surface area contributed by atoms with Gasteiger partial charge in [-0.15, -0.1) is 0 Å². The van der Waals surface area contributed by atoms with Crippen LogP contribution in [0.2, 0.25) is 0 Å². The number of hydrogen-bond donors (Lipinski definition) is 0. The zero-order chi connectivity index (χ0) is 28.4. The normalized spacial score (nSPS) is 15.0. The number of rotatable bonds is 7. The van der Waals surface area contributed by atoms with E-state index in [2.05, 4.69) is 36.9 Å². The topological polar surface area (TPSA) is 69.9 Å². The van der Waals surface area contributed by atoms with E-state index in [0.29, 0.717) is 35.3 Å². The second-order valence-electron chi connectivity index (χ2n) is 8.94. The Hall–Kier alpha value is -3.34. The second-order valence-corrected chi connectivity index (χ2v) is 11.7. The van der Waals surface area contributed by atoms with Crippen LogP contribution in [-0.2, 0) is 16.1 Å². The van der Waals surface area contributed by atoms with Crippen molar-refractivity contribution in [2.75, 3.05) is 6.61 Å². The maximum Gasteiger partial charge on any atom is 0.338 e. The van der Waals surface area contributed by atoms with Crippen LogP contribution in [-0.4, -0.2) is 17.1 Å². The van der Waals surface area contributed by atoms with E-state index >= 15 is 0 Å². The van der Waals surface area contributed by atoms with Crippen LogP contribution in [0.25, 0.3) is 6.08 Å². The highest BCUT2D eigenvalue weighted by Crippen LogP contribution is 2.36. The summed E-state index contributed by atoms with van der Waals surface area (Å²) in [6.07, 6.45) is 1.79. The minimum Gasteiger partial charge on any atom is -0.487 e. The zero-order valence-corrected chi connectivity index (χ0v) is 25.5. The SMILES string of the molecule is CCOC(=O)C1=C(C)N=c2sc(=Cc3cc(Br)c(OCc4ccc(F)cc4)c(Br)c3)c(=O)n2C1c1ccccc1. The van der Waals surface area contributed by atoms with Crippen molar-refractivity contribution >= 4 is 55.2 Å². The lowest BCUT2D eigenvalue weighted by Gasteiger charge is -2.24. The molecular formula is C30H23Br2FN2O4S. The number of aromatic nitrogens is 1. The van der Waals surface area contributed by atoms with Gasteiger partial charge in [0, 0.05) is 0 Å². The summed E-state index contributed by atoms with van der Waals surface area (Å²) in [6.45, 7) is 3.99. The third-order valence-electron chi connectivity index (χ3n) is 6.25. The molecule has 2 heterocycles. The van der Waals surface area contributed by atoms with Crippen LogP contribution in [0.1, 0.15) is 36.6 Å². The summed E-state index contributed by atoms with van der Waals surface area (Å²) >= 11 is 8.39. The van der Waals surface area contributed by atoms with Crippen molar-refractivity contribution in [3.63, 3.8) is 0 Å². The van der Waals surface area contributed by atoms with Gasteiger partial charge in [0.2, 0.25) is 0 Å². The average Bonchev–Trinajstić information content (AvgIpc) is 3.23. The van der Waals surface area contributed by atoms with E-state index in [4.69, 9.17) is 9.47 Å². The van der Waals surface area contributed by atoms with Crippen molar-refractivity contribution in [2.24, 2.45) is 4.99 Å². The number of ether oxygens (including phenoxy) is 2. The van der Waals surface area contributed by atoms with Gasteiger partial charge in [0.25, 0.3) is 5.56 Å². The number of hydrogen-bond acceptors (Lipinski definition) is 6. The number of esters is 1. The summed E-state index contributed by atoms with van der Waals surface area (Å²) < 4.78 is 27.9. The molecule has 0 N–H and O–H groups in total. The first kappa shape index (κ1) is 28.2. The van der Waals surface area contributed by atoms with E-state index in [-0.39, 0.29) is 24.6 Å². The summed E-state index contributed by atoms with van der Waals surface area (Å²) in [4.78, 5) is 31.9. The number of fused-ring (bicyclic) bond motifs is 1. The molecule has 1 unspecified atom stereocenters. The van der Waals surface area contributed by atoms with E-state index in [0.717, 1.165) is 16.7 Å². The molecule has 0 amide bonds. The molecular weight excluding hydrogens is 663 g/mol. The van der Waals surface area contributed by atoms with Crippen molar-refractivity contribution in [1.82, 2.24) is 4.57 Å². The highest BCUT2D eigenvalue weighted by Gasteiger charge is 2.33. The maximum atomic E-state index is 13.8. The molecule has 1 atom stereocenters. The standard InChI is InChI=1S/C30H23Br2FN2O4S/c1-3-38-29(37)25-17(2)34-30-35(26(25)20-7-5-4-6-8-20)28(36)24(40-30)15-19-13-22(31)27(23(32)14-19)39-16-18-9-11-21(33)12-10-18/h4-15,26H,3,16H2,1-2H3. The van der Waals surface area contributed by atoms with Crippen LogP contribution in [0.3, 0.4) is 0 Å². The van der Waals surface area contributed by atoms with E-state index in [1.54, 1.807) is 36.6 Å². The van der Waals surface area contributed by atoms with Crippen LogP contribution in [0.5, 0.6) is 5.75 Å². The zero-order valence-electron chi connectivity index (χ0n) is 21.5. The average molecular weight is 686 g/mol. The molecule has 0 aliphatic carbocycles. The van der Waals surface area contributed by atoms with Gasteiger partial charge in [0.15, 0.2) is 4.80 Å². The number of benzene rings is 3. The summed E-state index contributed by atoms with van der Waals surface area (Å²) in [6, 6.07) is 18.6. The van der Waals surface area contributed by atoms with Crippen LogP contribution in [0.15, 0.2) is 96.7 Å². The van der Waals surface area contributed by atoms with Gasteiger partial charge < -0.3 is 9.47 Å². The Morgan fingerprint density at radius 2 is 1.77 bits per heavy atom. The summed E-state index contributed by atoms with van der Waals surface area (Å²) in [5.74, 6) is -0.208. The Labute approximate surface area is 250 Å². The molecule has 5 rings (SSSR count). The fourth-order valence-corrected chi connectivity index (χ4v) is 6.93. The molecule has 6 nitrogen and oxygen atoms in total. The van der Waals surface area contributed by atoms with Gasteiger partial charge in [0.1, 0.15) is 18.2 Å². The van der Waals surface area contributed by atoms with Gasteiger partial charge in [-0.1, -0.05) is 53.8 Å². The Balaban J connectivity index is 1.54. The molecule has 4 aromatic rings. The highest BCUT2D eigenvalue weighted by atomic mass is 79.9. The number of halogens is 3. The van der Waals surface area contributed by atoms with Crippen LogP contribution >= 0.6 is 43.2 Å². The Morgan fingerprint density at radius 3 is 2.42 bits per heavy atom. The van der Waals surface area contributed by atoms with Crippen LogP contribution in [0, 0.1) is 5.82 Å². The molecule has 0 saturated carbocycles. The van der Waals surface area contributed by atoms with Gasteiger partial charge in [-0.2, -0.15) is 0 Å². The molecule has 0 bridgehead atoms. The molecule has 0 saturated heterocycles. The fourth-order valence-electron chi connectivity index (χ4n) is 4.43. The van der Waals surface area contributed by atoms with Crippen molar-refractivity contribution in [3.05, 3.63) is 129 Å². The highest BCUT2D eigenvalue weighted by molar-refractivity contribution is 9.11. The van der Waals surface area contributed by atoms with Gasteiger partial charge in [-0.05, 0) is 92.7 Å². The van der Waals surface area contributed by atoms with Crippen molar-refractivity contribution in [1.29, 1.82) is 0 Å². The van der Waals surface area contributed by atoms with E-state index in [1.165, 1.54) is 23.5 Å². The molecule has 1 aliphatic heterocycles. The molecule has 1 aliphatic rings. The largest absolute Gasteiger partial charge is 0.487 e. The van der Waals surface area contributed by atoms with Gasteiger partial charge in [-0.25, -0.2) is 14.2 Å². The minimum absolute atomic E-state index is 0.217. The van der Waals surface area contributed by atoms with E-state index in [9.17, 15) is 14.0 Å². The van der Waals surface area contributed by atoms with Gasteiger partial charge in [-0.3, -0.25) is 9.36 Å². The summed E-state index contributed by atoms with van der Waals surface area (Å²) in [5.41, 5.74) is 3.00. The van der Waals surface area contributed by atoms with E-state index in [1.807, 2.05) is 42.5 Å². The van der Waals surface area contributed by atoms with Crippen molar-refractivity contribution < 1.29 is 18.7 Å². The molecule has 0 fully saturated rings. The lowest BCUT2D eigenvalue weighted by atomic mass is 9.96. The van der Waals surface area contributed by atoms with Gasteiger partial charge in [0.05, 0.1) is 37.4 Å². The van der Waals surface area contributed by atoms with Crippen LogP contribution in [0.4, 0.5) is 4.39 Å². The number of nitrogens with zero attached hydrogens (tertiary/aromatic N) is 2. The molecule has 10 heteroatoms. The smallest absolute Gasteiger partial charge is 0.338 e. The number of carbonyl (C=O) groups excluding carboxylic acids is 1. The third-order valence-corrected chi connectivity index (χ3v) is 8.41. The maximum absolute atomic E-state index is 13.8. The molecule has 40 heavy (non-hydrogen) atoms. The molecule has 0 spiro atoms. The Morgan fingerprint density at radius 1 is 1.10 bits per heavy atom. The van der Waals surface area contributed by atoms with Crippen molar-refractivity contribution in [3.8, 4) is 5.75 Å². The number of thiazole rings is 1. The van der Waals surface area contributed by atoms with E-state index < -0.39 is 12.0 Å². The second kappa shape index (κ2) is 12.0. The Bertz CT molecular complexity index is 1780. The number of allylic oxidation sites excluding steroid dienone is 1. The lowest BCUT2D eigenvalue weighted by molar-refractivity contribution is -0.139. The quantitative estimate of drug-likeness (QED) is 0.223. The molecule has 0 radical (unpaired) electrons. The molecule has 1 aromatic heterocycles. The first-order valence-corrected chi connectivity index (χ1v) is 14.8. The lowest BCUT2D eigenvalue weighted by Crippen LogP contribution is -2.39. The predicted octanol–water partition coefficient (Wildman–Crippen LogP) is 6.04. The van der Waals surface area contributed by atoms with Crippen molar-refractivity contribution in [2.45, 2.75) is 26.5 Å². The first-order chi connectivity index (χ1) is 19.3. The summed E-state index contributed by atoms with van der Waals surface area (Å²) in [5, 5.41) is 0. The molecule has 3 aromatic carbocycles. The van der Waals surface area contributed by atoms with Gasteiger partial charge >= 0.3 is 5.97 Å². The fraction of sp³-hybridized carbons (Fsp3) is 0.167. The third kappa shape index (κ3) is 5.75. The molecule has 204 valence electrons. The monoisotopic (exact) mass is 684 g/mol. The summed E-state index contributed by atoms with van der Waals surface area (Å²) in [7, 11) is 0. The van der Waals surface area contributed by atoms with Crippen LogP contribution < -0.4 is 19.6 Å². The minimum atomic E-state index is -0.653. The predicted molar refractivity (Wildman–Crippen MR) is 159 cm³/mol.